The molecule has 3 rings (SSSR count). The first-order valence-electron chi connectivity index (χ1n) is 12.5. The molecule has 11 heteroatoms. The van der Waals surface area contributed by atoms with E-state index in [1.807, 2.05) is 30.3 Å². The number of carbonyl (C=O) groups is 4. The van der Waals surface area contributed by atoms with Gasteiger partial charge in [0.2, 0.25) is 5.91 Å². The second kappa shape index (κ2) is 13.8. The molecule has 0 spiro atoms. The summed E-state index contributed by atoms with van der Waals surface area (Å²) >= 11 is 0. The Morgan fingerprint density at radius 2 is 1.74 bits per heavy atom. The SMILES string of the molecule is N=C(N)c1ccc(OCCCCN2CCN(C(CC(=O)O)C(=O)NCCc3ccccc3)C(=O)C2=O)cc1. The Labute approximate surface area is 221 Å². The number of nitrogens with one attached hydrogen (secondary N) is 2. The lowest BCUT2D eigenvalue weighted by atomic mass is 10.1. The van der Waals surface area contributed by atoms with E-state index in [2.05, 4.69) is 5.32 Å². The quantitative estimate of drug-likeness (QED) is 0.124. The fourth-order valence-electron chi connectivity index (χ4n) is 4.13. The Bertz CT molecular complexity index is 1140. The van der Waals surface area contributed by atoms with Gasteiger partial charge >= 0.3 is 17.8 Å². The molecule has 3 amide bonds. The van der Waals surface area contributed by atoms with E-state index in [1.165, 1.54) is 4.90 Å². The van der Waals surface area contributed by atoms with Gasteiger partial charge in [0.25, 0.3) is 0 Å². The van der Waals surface area contributed by atoms with Gasteiger partial charge in [-0.15, -0.1) is 0 Å². The van der Waals surface area contributed by atoms with Crippen LogP contribution in [0.1, 0.15) is 30.4 Å². The number of amidine groups is 1. The molecule has 1 aliphatic rings. The highest BCUT2D eigenvalue weighted by atomic mass is 16.5. The summed E-state index contributed by atoms with van der Waals surface area (Å²) in [5.74, 6) is -2.82. The Kier molecular flexibility index (Phi) is 10.2. The van der Waals surface area contributed by atoms with Crippen molar-refractivity contribution >= 4 is 29.5 Å². The van der Waals surface area contributed by atoms with Gasteiger partial charge < -0.3 is 30.7 Å². The van der Waals surface area contributed by atoms with E-state index in [0.717, 1.165) is 10.5 Å². The highest BCUT2D eigenvalue weighted by Gasteiger charge is 2.39. The molecule has 1 aliphatic heterocycles. The number of hydrogen-bond acceptors (Lipinski definition) is 6. The number of carboxylic acid groups (broad SMARTS) is 1. The Morgan fingerprint density at radius 1 is 1.03 bits per heavy atom. The minimum absolute atomic E-state index is 0.0196. The lowest BCUT2D eigenvalue weighted by molar-refractivity contribution is -0.160. The summed E-state index contributed by atoms with van der Waals surface area (Å²) in [5, 5.41) is 19.4. The van der Waals surface area contributed by atoms with Gasteiger partial charge in [0, 0.05) is 31.7 Å². The molecule has 1 fully saturated rings. The molecule has 0 aliphatic carbocycles. The number of nitrogens with zero attached hydrogens (tertiary/aromatic N) is 2. The summed E-state index contributed by atoms with van der Waals surface area (Å²) < 4.78 is 5.66. The third-order valence-electron chi connectivity index (χ3n) is 6.20. The average molecular weight is 524 g/mol. The van der Waals surface area contributed by atoms with Gasteiger partial charge in [-0.1, -0.05) is 30.3 Å². The van der Waals surface area contributed by atoms with E-state index in [4.69, 9.17) is 15.9 Å². The number of ether oxygens (including phenoxy) is 1. The second-order valence-corrected chi connectivity index (χ2v) is 8.92. The topological polar surface area (TPSA) is 166 Å². The molecule has 1 heterocycles. The van der Waals surface area contributed by atoms with Crippen molar-refractivity contribution in [1.82, 2.24) is 15.1 Å². The van der Waals surface area contributed by atoms with Crippen LogP contribution in [0.2, 0.25) is 0 Å². The summed E-state index contributed by atoms with van der Waals surface area (Å²) in [7, 11) is 0. The van der Waals surface area contributed by atoms with Crippen LogP contribution < -0.4 is 15.8 Å². The molecule has 202 valence electrons. The molecule has 2 aromatic rings. The Hall–Kier alpha value is -4.41. The number of nitrogen functional groups attached to an aromatic ring is 1. The predicted molar refractivity (Wildman–Crippen MR) is 140 cm³/mol. The molecule has 0 bridgehead atoms. The maximum atomic E-state index is 12.8. The van der Waals surface area contributed by atoms with Crippen LogP contribution in [0.3, 0.4) is 0 Å². The number of carbonyl (C=O) groups excluding carboxylic acids is 3. The van der Waals surface area contributed by atoms with Gasteiger partial charge in [-0.05, 0) is 49.1 Å². The number of benzene rings is 2. The summed E-state index contributed by atoms with van der Waals surface area (Å²) in [4.78, 5) is 52.2. The van der Waals surface area contributed by atoms with E-state index in [-0.39, 0.29) is 25.5 Å². The van der Waals surface area contributed by atoms with Crippen molar-refractivity contribution in [1.29, 1.82) is 5.41 Å². The first-order chi connectivity index (χ1) is 18.3. The van der Waals surface area contributed by atoms with Crippen LogP contribution in [0.15, 0.2) is 54.6 Å². The number of carboxylic acids is 1. The zero-order valence-electron chi connectivity index (χ0n) is 21.1. The number of unbranched alkanes of at least 4 members (excludes halogenated alkanes) is 1. The summed E-state index contributed by atoms with van der Waals surface area (Å²) in [6, 6.07) is 15.1. The largest absolute Gasteiger partial charge is 0.494 e. The Morgan fingerprint density at radius 3 is 2.39 bits per heavy atom. The molecular weight excluding hydrogens is 490 g/mol. The van der Waals surface area contributed by atoms with Crippen LogP contribution in [0.4, 0.5) is 0 Å². The van der Waals surface area contributed by atoms with E-state index >= 15 is 0 Å². The van der Waals surface area contributed by atoms with Gasteiger partial charge in [-0.3, -0.25) is 24.6 Å². The minimum atomic E-state index is -1.26. The van der Waals surface area contributed by atoms with Crippen LogP contribution in [-0.4, -0.2) is 83.3 Å². The number of rotatable bonds is 14. The van der Waals surface area contributed by atoms with Gasteiger partial charge in [0.15, 0.2) is 0 Å². The van der Waals surface area contributed by atoms with Crippen molar-refractivity contribution in [2.24, 2.45) is 5.73 Å². The predicted octanol–water partition coefficient (Wildman–Crippen LogP) is 1.00. The van der Waals surface area contributed by atoms with Gasteiger partial charge in [-0.2, -0.15) is 0 Å². The van der Waals surface area contributed by atoms with Gasteiger partial charge in [0.05, 0.1) is 13.0 Å². The number of piperazine rings is 1. The zero-order valence-corrected chi connectivity index (χ0v) is 21.1. The van der Waals surface area contributed by atoms with Crippen molar-refractivity contribution in [2.75, 3.05) is 32.8 Å². The number of aliphatic carboxylic acids is 1. The van der Waals surface area contributed by atoms with Gasteiger partial charge in [-0.25, -0.2) is 0 Å². The lowest BCUT2D eigenvalue weighted by Crippen LogP contribution is -2.61. The van der Waals surface area contributed by atoms with E-state index < -0.39 is 36.2 Å². The first-order valence-corrected chi connectivity index (χ1v) is 12.5. The van der Waals surface area contributed by atoms with Crippen molar-refractivity contribution in [2.45, 2.75) is 31.7 Å². The summed E-state index contributed by atoms with van der Waals surface area (Å²) in [6.45, 7) is 1.33. The summed E-state index contributed by atoms with van der Waals surface area (Å²) in [6.07, 6.45) is 1.21. The molecule has 1 unspecified atom stereocenters. The normalized spacial score (nSPS) is 14.2. The third-order valence-corrected chi connectivity index (χ3v) is 6.20. The molecule has 2 aromatic carbocycles. The zero-order chi connectivity index (χ0) is 27.5. The standard InChI is InChI=1S/C27H33N5O6/c28-24(29)20-8-10-21(11-9-20)38-17-5-4-14-31-15-16-32(27(37)26(31)36)22(18-23(33)34)25(35)30-13-12-19-6-2-1-3-7-19/h1-3,6-11,22H,4-5,12-18H2,(H3,28,29)(H,30,35)(H,33,34). The molecular formula is C27H33N5O6. The van der Waals surface area contributed by atoms with Crippen molar-refractivity contribution in [3.63, 3.8) is 0 Å². The summed E-state index contributed by atoms with van der Waals surface area (Å²) in [5.41, 5.74) is 7.05. The fraction of sp³-hybridized carbons (Fsp3) is 0.370. The number of hydrogen-bond donors (Lipinski definition) is 4. The maximum Gasteiger partial charge on any atom is 0.312 e. The molecule has 1 atom stereocenters. The third kappa shape index (κ3) is 8.05. The highest BCUT2D eigenvalue weighted by Crippen LogP contribution is 2.15. The van der Waals surface area contributed by atoms with Crippen molar-refractivity contribution in [3.05, 3.63) is 65.7 Å². The Balaban J connectivity index is 1.45. The smallest absolute Gasteiger partial charge is 0.312 e. The maximum absolute atomic E-state index is 12.8. The molecule has 0 radical (unpaired) electrons. The first kappa shape index (κ1) is 28.2. The van der Waals surface area contributed by atoms with Crippen LogP contribution >= 0.6 is 0 Å². The average Bonchev–Trinajstić information content (AvgIpc) is 2.90. The van der Waals surface area contributed by atoms with Crippen LogP contribution in [0.5, 0.6) is 5.75 Å². The highest BCUT2D eigenvalue weighted by molar-refractivity contribution is 6.35. The molecule has 11 nitrogen and oxygen atoms in total. The van der Waals surface area contributed by atoms with E-state index in [0.29, 0.717) is 43.7 Å². The van der Waals surface area contributed by atoms with Crippen LogP contribution in [0, 0.1) is 5.41 Å². The van der Waals surface area contributed by atoms with Crippen LogP contribution in [-0.2, 0) is 25.6 Å². The monoisotopic (exact) mass is 523 g/mol. The lowest BCUT2D eigenvalue weighted by Gasteiger charge is -2.37. The number of amides is 3. The fourth-order valence-corrected chi connectivity index (χ4v) is 4.13. The van der Waals surface area contributed by atoms with Crippen LogP contribution in [0.25, 0.3) is 0 Å². The molecule has 0 aromatic heterocycles. The van der Waals surface area contributed by atoms with Gasteiger partial charge in [0.1, 0.15) is 17.6 Å². The minimum Gasteiger partial charge on any atom is -0.494 e. The van der Waals surface area contributed by atoms with Crippen molar-refractivity contribution in [3.8, 4) is 5.75 Å². The second-order valence-electron chi connectivity index (χ2n) is 8.92. The number of nitrogens with two attached hydrogens (primary N) is 1. The van der Waals surface area contributed by atoms with Crippen molar-refractivity contribution < 1.29 is 29.0 Å². The molecule has 0 saturated carbocycles. The van der Waals surface area contributed by atoms with E-state index in [9.17, 15) is 24.3 Å². The molecule has 38 heavy (non-hydrogen) atoms. The molecule has 5 N–H and O–H groups in total. The van der Waals surface area contributed by atoms with E-state index in [1.54, 1.807) is 24.3 Å². The molecule has 1 saturated heterocycles.